The van der Waals surface area contributed by atoms with Gasteiger partial charge in [0.25, 0.3) is 5.60 Å². The number of carbonyl (C=O) groups excluding carboxylic acids is 1. The van der Waals surface area contributed by atoms with Gasteiger partial charge in [-0.2, -0.15) is 0 Å². The van der Waals surface area contributed by atoms with Crippen molar-refractivity contribution in [2.24, 2.45) is 0 Å². The Morgan fingerprint density at radius 2 is 1.03 bits per heavy atom. The van der Waals surface area contributed by atoms with Crippen molar-refractivity contribution < 1.29 is 34.8 Å². The largest absolute Gasteiger partial charge is 0.479 e. The van der Waals surface area contributed by atoms with E-state index in [1.807, 2.05) is 0 Å². The molecule has 0 radical (unpaired) electrons. The van der Waals surface area contributed by atoms with Gasteiger partial charge in [0.05, 0.1) is 0 Å². The summed E-state index contributed by atoms with van der Waals surface area (Å²) in [7, 11) is 0. The highest BCUT2D eigenvalue weighted by Gasteiger charge is 2.53. The highest BCUT2D eigenvalue weighted by molar-refractivity contribution is 6.10. The zero-order valence-corrected chi connectivity index (χ0v) is 17.9. The molecule has 0 heterocycles. The van der Waals surface area contributed by atoms with Gasteiger partial charge in [-0.05, 0) is 6.42 Å². The van der Waals surface area contributed by atoms with E-state index in [-0.39, 0.29) is 6.42 Å². The molecule has 0 amide bonds. The number of carboxylic acids is 2. The number of aliphatic hydroxyl groups is 2. The molecule has 2 unspecified atom stereocenters. The first-order chi connectivity index (χ1) is 13.8. The minimum Gasteiger partial charge on any atom is -0.479 e. The van der Waals surface area contributed by atoms with Crippen LogP contribution in [0.5, 0.6) is 0 Å². The Hall–Kier alpha value is -1.47. The third-order valence-electron chi connectivity index (χ3n) is 5.39. The molecule has 170 valence electrons. The maximum absolute atomic E-state index is 11.9. The van der Waals surface area contributed by atoms with E-state index in [1.165, 1.54) is 64.2 Å². The van der Waals surface area contributed by atoms with Gasteiger partial charge >= 0.3 is 11.9 Å². The van der Waals surface area contributed by atoms with Crippen LogP contribution in [0.4, 0.5) is 0 Å². The van der Waals surface area contributed by atoms with E-state index in [2.05, 4.69) is 6.92 Å². The van der Waals surface area contributed by atoms with Gasteiger partial charge in [0, 0.05) is 6.42 Å². The fraction of sp³-hybridized carbons (Fsp3) is 0.864. The molecule has 0 bridgehead atoms. The van der Waals surface area contributed by atoms with Crippen molar-refractivity contribution >= 4 is 17.7 Å². The van der Waals surface area contributed by atoms with Gasteiger partial charge in [-0.15, -0.1) is 0 Å². The number of carboxylic acid groups (broad SMARTS) is 2. The molecule has 4 N–H and O–H groups in total. The molecule has 0 saturated carbocycles. The first-order valence-corrected chi connectivity index (χ1v) is 11.2. The molecule has 0 aliphatic rings. The molecule has 0 aromatic rings. The van der Waals surface area contributed by atoms with Crippen LogP contribution in [0.25, 0.3) is 0 Å². The van der Waals surface area contributed by atoms with Crippen LogP contribution in [-0.4, -0.2) is 49.9 Å². The number of carbonyl (C=O) groups is 3. The van der Waals surface area contributed by atoms with Gasteiger partial charge in [0.1, 0.15) is 0 Å². The molecule has 7 heteroatoms. The lowest BCUT2D eigenvalue weighted by Gasteiger charge is -2.24. The number of unbranched alkanes of at least 4 members (excludes halogenated alkanes) is 14. The summed E-state index contributed by atoms with van der Waals surface area (Å²) < 4.78 is 0. The molecule has 0 spiro atoms. The molecule has 0 saturated heterocycles. The summed E-state index contributed by atoms with van der Waals surface area (Å²) in [4.78, 5) is 33.7. The molecule has 7 nitrogen and oxygen atoms in total. The maximum Gasteiger partial charge on any atom is 0.347 e. The van der Waals surface area contributed by atoms with Crippen LogP contribution in [0, 0.1) is 0 Å². The summed E-state index contributed by atoms with van der Waals surface area (Å²) in [6.07, 6.45) is 14.2. The summed E-state index contributed by atoms with van der Waals surface area (Å²) in [6, 6.07) is 0. The maximum atomic E-state index is 11.9. The summed E-state index contributed by atoms with van der Waals surface area (Å²) in [6.45, 7) is 2.23. The third-order valence-corrected chi connectivity index (χ3v) is 5.39. The molecule has 0 aliphatic heterocycles. The lowest BCUT2D eigenvalue weighted by atomic mass is 9.88. The Balaban J connectivity index is 3.71. The number of rotatable bonds is 20. The average molecular weight is 417 g/mol. The normalized spacial score (nSPS) is 14.3. The van der Waals surface area contributed by atoms with Crippen LogP contribution in [-0.2, 0) is 14.4 Å². The molecule has 0 rings (SSSR count). The van der Waals surface area contributed by atoms with Gasteiger partial charge in [-0.3, -0.25) is 4.79 Å². The first-order valence-electron chi connectivity index (χ1n) is 11.2. The van der Waals surface area contributed by atoms with Crippen molar-refractivity contribution in [1.82, 2.24) is 0 Å². The average Bonchev–Trinajstić information content (AvgIpc) is 2.69. The smallest absolute Gasteiger partial charge is 0.347 e. The molecule has 0 fully saturated rings. The molecule has 0 aromatic heterocycles. The topological polar surface area (TPSA) is 132 Å². The Kier molecular flexibility index (Phi) is 15.5. The molecule has 0 aliphatic carbocycles. The fourth-order valence-electron chi connectivity index (χ4n) is 3.41. The molecular formula is C22H40O7. The van der Waals surface area contributed by atoms with E-state index in [1.54, 1.807) is 0 Å². The number of aliphatic carboxylic acids is 2. The van der Waals surface area contributed by atoms with Crippen LogP contribution in [0.1, 0.15) is 110 Å². The van der Waals surface area contributed by atoms with E-state index < -0.39 is 29.4 Å². The Morgan fingerprint density at radius 1 is 0.690 bits per heavy atom. The predicted octanol–water partition coefficient (Wildman–Crippen LogP) is 4.08. The lowest BCUT2D eigenvalue weighted by Crippen LogP contribution is -2.58. The van der Waals surface area contributed by atoms with E-state index in [9.17, 15) is 24.6 Å². The highest BCUT2D eigenvalue weighted by atomic mass is 16.4. The first kappa shape index (κ1) is 27.5. The Bertz CT molecular complexity index is 478. The SMILES string of the molecule is CCCCCCCCCCCCCCCCCC(=O)C(O)(C(=O)O)C(O)C(=O)O. The van der Waals surface area contributed by atoms with Crippen molar-refractivity contribution in [2.45, 2.75) is 121 Å². The highest BCUT2D eigenvalue weighted by Crippen LogP contribution is 2.19. The van der Waals surface area contributed by atoms with E-state index in [0.29, 0.717) is 12.8 Å². The van der Waals surface area contributed by atoms with Crippen molar-refractivity contribution in [3.8, 4) is 0 Å². The monoisotopic (exact) mass is 416 g/mol. The number of ketones is 1. The fourth-order valence-corrected chi connectivity index (χ4v) is 3.41. The Labute approximate surface area is 174 Å². The molecule has 0 aromatic carbocycles. The van der Waals surface area contributed by atoms with Gasteiger partial charge in [0.15, 0.2) is 11.9 Å². The van der Waals surface area contributed by atoms with Gasteiger partial charge in [-0.1, -0.05) is 96.8 Å². The van der Waals surface area contributed by atoms with E-state index in [4.69, 9.17) is 10.2 Å². The molecular weight excluding hydrogens is 376 g/mol. The van der Waals surface area contributed by atoms with Crippen molar-refractivity contribution in [1.29, 1.82) is 0 Å². The summed E-state index contributed by atoms with van der Waals surface area (Å²) in [5.41, 5.74) is -3.29. The second-order valence-electron chi connectivity index (χ2n) is 7.94. The van der Waals surface area contributed by atoms with Crippen LogP contribution in [0.15, 0.2) is 0 Å². The number of hydrogen-bond acceptors (Lipinski definition) is 5. The van der Waals surface area contributed by atoms with Crippen LogP contribution < -0.4 is 0 Å². The third kappa shape index (κ3) is 11.3. The zero-order chi connectivity index (χ0) is 22.1. The van der Waals surface area contributed by atoms with E-state index >= 15 is 0 Å². The number of Topliss-reactive ketones (excluding diaryl/α,β-unsaturated/α-hetero) is 1. The predicted molar refractivity (Wildman–Crippen MR) is 111 cm³/mol. The zero-order valence-electron chi connectivity index (χ0n) is 17.9. The number of hydrogen-bond donors (Lipinski definition) is 4. The second kappa shape index (κ2) is 16.3. The lowest BCUT2D eigenvalue weighted by molar-refractivity contribution is -0.186. The minimum atomic E-state index is -3.29. The van der Waals surface area contributed by atoms with Gasteiger partial charge in [0.2, 0.25) is 0 Å². The second-order valence-corrected chi connectivity index (χ2v) is 7.94. The Morgan fingerprint density at radius 3 is 1.34 bits per heavy atom. The van der Waals surface area contributed by atoms with Crippen LogP contribution >= 0.6 is 0 Å². The van der Waals surface area contributed by atoms with Gasteiger partial charge < -0.3 is 20.4 Å². The summed E-state index contributed by atoms with van der Waals surface area (Å²) in [5.74, 6) is -5.16. The van der Waals surface area contributed by atoms with Gasteiger partial charge in [-0.25, -0.2) is 9.59 Å². The van der Waals surface area contributed by atoms with Crippen molar-refractivity contribution in [3.63, 3.8) is 0 Å². The molecule has 29 heavy (non-hydrogen) atoms. The standard InChI is InChI=1S/C22H40O7/c1-2-3-4-5-6-7-8-9-10-11-12-13-14-15-16-17-18(23)22(29,21(27)28)19(24)20(25)26/h19,24,29H,2-17H2,1H3,(H,25,26)(H,27,28). The van der Waals surface area contributed by atoms with Crippen LogP contribution in [0.3, 0.4) is 0 Å². The van der Waals surface area contributed by atoms with Crippen molar-refractivity contribution in [2.75, 3.05) is 0 Å². The number of aliphatic hydroxyl groups excluding tert-OH is 1. The molecule has 2 atom stereocenters. The van der Waals surface area contributed by atoms with E-state index in [0.717, 1.165) is 19.3 Å². The quantitative estimate of drug-likeness (QED) is 0.174. The summed E-state index contributed by atoms with van der Waals surface area (Å²) >= 11 is 0. The van der Waals surface area contributed by atoms with Crippen molar-refractivity contribution in [3.05, 3.63) is 0 Å². The van der Waals surface area contributed by atoms with Crippen LogP contribution in [0.2, 0.25) is 0 Å². The summed E-state index contributed by atoms with van der Waals surface area (Å²) in [5, 5.41) is 36.8. The minimum absolute atomic E-state index is 0.272.